The SMILES string of the molecule is CC/C(=C\C1=C(C)CN(C[C@@]2(c3cc4cc(F)c(F)cc4o3)NC(=O)NC2=O)C1O)OC. The summed E-state index contributed by atoms with van der Waals surface area (Å²) in [6.45, 7) is 3.96. The number of imide groups is 1. The minimum atomic E-state index is -1.70. The fourth-order valence-corrected chi connectivity index (χ4v) is 4.12. The molecule has 2 aromatic rings. The van der Waals surface area contributed by atoms with Crippen LogP contribution in [0.2, 0.25) is 0 Å². The summed E-state index contributed by atoms with van der Waals surface area (Å²) in [5, 5.41) is 15.9. The number of halogens is 2. The van der Waals surface area contributed by atoms with Gasteiger partial charge in [-0.2, -0.15) is 0 Å². The molecule has 2 aliphatic heterocycles. The predicted octanol–water partition coefficient (Wildman–Crippen LogP) is 2.64. The number of rotatable bonds is 6. The van der Waals surface area contributed by atoms with Gasteiger partial charge in [-0.15, -0.1) is 0 Å². The summed E-state index contributed by atoms with van der Waals surface area (Å²) in [6.07, 6.45) is 1.33. The van der Waals surface area contributed by atoms with Gasteiger partial charge in [0, 0.05) is 31.0 Å². The molecule has 1 aromatic heterocycles. The van der Waals surface area contributed by atoms with Gasteiger partial charge >= 0.3 is 6.03 Å². The van der Waals surface area contributed by atoms with E-state index >= 15 is 0 Å². The molecule has 10 heteroatoms. The van der Waals surface area contributed by atoms with Crippen LogP contribution in [0.1, 0.15) is 26.0 Å². The number of carbonyl (C=O) groups excluding carboxylic acids is 2. The average molecular weight is 447 g/mol. The second-order valence-electron chi connectivity index (χ2n) is 7.91. The lowest BCUT2D eigenvalue weighted by Crippen LogP contribution is -2.53. The van der Waals surface area contributed by atoms with E-state index in [1.54, 1.807) is 18.1 Å². The van der Waals surface area contributed by atoms with Gasteiger partial charge in [0.1, 0.15) is 17.6 Å². The van der Waals surface area contributed by atoms with Crippen LogP contribution in [0.5, 0.6) is 0 Å². The van der Waals surface area contributed by atoms with Gasteiger partial charge in [0.25, 0.3) is 5.91 Å². The highest BCUT2D eigenvalue weighted by Gasteiger charge is 2.52. The number of methoxy groups -OCH3 is 1. The maximum absolute atomic E-state index is 13.7. The summed E-state index contributed by atoms with van der Waals surface area (Å²) in [7, 11) is 1.55. The molecular weight excluding hydrogens is 424 g/mol. The third-order valence-electron chi connectivity index (χ3n) is 5.85. The van der Waals surface area contributed by atoms with Crippen LogP contribution in [0.3, 0.4) is 0 Å². The zero-order valence-electron chi connectivity index (χ0n) is 17.8. The Bertz CT molecular complexity index is 1130. The molecule has 0 aliphatic carbocycles. The van der Waals surface area contributed by atoms with Crippen LogP contribution in [0.15, 0.2) is 45.6 Å². The molecule has 32 heavy (non-hydrogen) atoms. The number of hydrogen-bond donors (Lipinski definition) is 3. The lowest BCUT2D eigenvalue weighted by Gasteiger charge is -2.31. The van der Waals surface area contributed by atoms with E-state index in [2.05, 4.69) is 10.6 Å². The maximum Gasteiger partial charge on any atom is 0.322 e. The first-order valence-corrected chi connectivity index (χ1v) is 10.1. The minimum absolute atomic E-state index is 0.000772. The van der Waals surface area contributed by atoms with E-state index in [9.17, 15) is 23.5 Å². The molecule has 1 saturated heterocycles. The number of nitrogens with one attached hydrogen (secondary N) is 2. The van der Waals surface area contributed by atoms with E-state index in [1.807, 2.05) is 13.8 Å². The van der Waals surface area contributed by atoms with Gasteiger partial charge < -0.3 is 19.6 Å². The van der Waals surface area contributed by atoms with Crippen molar-refractivity contribution < 1.29 is 32.6 Å². The number of nitrogens with zero attached hydrogens (tertiary/aromatic N) is 1. The topological polar surface area (TPSA) is 104 Å². The van der Waals surface area contributed by atoms with Crippen molar-refractivity contribution in [1.29, 1.82) is 0 Å². The van der Waals surface area contributed by atoms with Crippen LogP contribution in [-0.2, 0) is 15.1 Å². The first-order chi connectivity index (χ1) is 15.2. The third-order valence-corrected chi connectivity index (χ3v) is 5.85. The lowest BCUT2D eigenvalue weighted by molar-refractivity contribution is -0.126. The van der Waals surface area contributed by atoms with E-state index < -0.39 is 35.3 Å². The Labute approximate surface area is 182 Å². The van der Waals surface area contributed by atoms with E-state index in [-0.39, 0.29) is 23.3 Å². The van der Waals surface area contributed by atoms with Gasteiger partial charge in [0.15, 0.2) is 17.2 Å². The van der Waals surface area contributed by atoms with E-state index in [4.69, 9.17) is 9.15 Å². The molecule has 0 spiro atoms. The van der Waals surface area contributed by atoms with Crippen molar-refractivity contribution in [3.8, 4) is 0 Å². The Balaban J connectivity index is 1.71. The summed E-state index contributed by atoms with van der Waals surface area (Å²) >= 11 is 0. The number of hydrogen-bond acceptors (Lipinski definition) is 6. The Morgan fingerprint density at radius 2 is 2.06 bits per heavy atom. The standard InChI is InChI=1S/C22H23F2N3O5/c1-4-13(31-3)7-14-11(2)9-27(19(14)28)10-22(20(29)25-21(30)26-22)18-6-12-5-15(23)16(24)8-17(12)32-18/h5-8,19,28H,4,9-10H2,1-3H3,(H2,25,26,29,30)/b13-7+/t19?,22-/m0/s1. The van der Waals surface area contributed by atoms with Crippen molar-refractivity contribution in [3.05, 3.63) is 58.6 Å². The van der Waals surface area contributed by atoms with Gasteiger partial charge in [-0.1, -0.05) is 12.5 Å². The van der Waals surface area contributed by atoms with Crippen molar-refractivity contribution in [2.24, 2.45) is 0 Å². The Morgan fingerprint density at radius 1 is 1.34 bits per heavy atom. The van der Waals surface area contributed by atoms with Crippen molar-refractivity contribution >= 4 is 22.9 Å². The largest absolute Gasteiger partial charge is 0.501 e. The van der Waals surface area contributed by atoms with Crippen LogP contribution in [-0.4, -0.2) is 48.4 Å². The van der Waals surface area contributed by atoms with Crippen molar-refractivity contribution in [3.63, 3.8) is 0 Å². The smallest absolute Gasteiger partial charge is 0.322 e. The molecule has 2 atom stereocenters. The molecule has 3 N–H and O–H groups in total. The van der Waals surface area contributed by atoms with Crippen molar-refractivity contribution in [2.45, 2.75) is 32.0 Å². The van der Waals surface area contributed by atoms with Gasteiger partial charge in [0.2, 0.25) is 0 Å². The molecular formula is C22H23F2N3O5. The van der Waals surface area contributed by atoms with Crippen LogP contribution in [0.25, 0.3) is 11.0 Å². The molecule has 3 amide bonds. The molecule has 170 valence electrons. The third kappa shape index (κ3) is 3.55. The average Bonchev–Trinajstić information content (AvgIpc) is 3.36. The number of ether oxygens (including phenoxy) is 1. The summed E-state index contributed by atoms with van der Waals surface area (Å²) in [6, 6.07) is 2.48. The molecule has 1 fully saturated rings. The monoisotopic (exact) mass is 447 g/mol. The van der Waals surface area contributed by atoms with Crippen molar-refractivity contribution in [1.82, 2.24) is 15.5 Å². The Kier molecular flexibility index (Phi) is 5.51. The summed E-state index contributed by atoms with van der Waals surface area (Å²) in [5.41, 5.74) is -0.163. The summed E-state index contributed by atoms with van der Waals surface area (Å²) < 4.78 is 38.3. The molecule has 1 aromatic carbocycles. The minimum Gasteiger partial charge on any atom is -0.501 e. The molecule has 2 aliphatic rings. The van der Waals surface area contributed by atoms with Gasteiger partial charge in [-0.25, -0.2) is 13.6 Å². The Morgan fingerprint density at radius 3 is 2.69 bits per heavy atom. The first kappa shape index (κ1) is 22.0. The molecule has 1 unspecified atom stereocenters. The highest BCUT2D eigenvalue weighted by molar-refractivity contribution is 6.07. The van der Waals surface area contributed by atoms with Crippen LogP contribution >= 0.6 is 0 Å². The zero-order valence-corrected chi connectivity index (χ0v) is 17.8. The van der Waals surface area contributed by atoms with Crippen molar-refractivity contribution in [2.75, 3.05) is 20.2 Å². The number of amides is 3. The van der Waals surface area contributed by atoms with Gasteiger partial charge in [-0.3, -0.25) is 15.0 Å². The number of carbonyl (C=O) groups is 2. The van der Waals surface area contributed by atoms with Crippen LogP contribution in [0, 0.1) is 11.6 Å². The maximum atomic E-state index is 13.7. The number of aliphatic hydroxyl groups excluding tert-OH is 1. The molecule has 0 bridgehead atoms. The Hall–Kier alpha value is -3.24. The molecule has 8 nitrogen and oxygen atoms in total. The number of fused-ring (bicyclic) bond motifs is 1. The molecule has 0 radical (unpaired) electrons. The van der Waals surface area contributed by atoms with E-state index in [1.165, 1.54) is 6.07 Å². The second-order valence-corrected chi connectivity index (χ2v) is 7.91. The number of urea groups is 1. The van der Waals surface area contributed by atoms with Gasteiger partial charge in [0.05, 0.1) is 12.9 Å². The van der Waals surface area contributed by atoms with Crippen LogP contribution < -0.4 is 10.6 Å². The summed E-state index contributed by atoms with van der Waals surface area (Å²) in [5.74, 6) is -2.16. The second kappa shape index (κ2) is 8.03. The lowest BCUT2D eigenvalue weighted by atomic mass is 9.95. The summed E-state index contributed by atoms with van der Waals surface area (Å²) in [4.78, 5) is 26.5. The normalized spacial score (nSPS) is 24.4. The number of furan rings is 1. The first-order valence-electron chi connectivity index (χ1n) is 10.1. The number of aliphatic hydroxyl groups is 1. The van der Waals surface area contributed by atoms with Gasteiger partial charge in [-0.05, 0) is 30.7 Å². The molecule has 4 rings (SSSR count). The highest BCUT2D eigenvalue weighted by Crippen LogP contribution is 2.35. The fraction of sp³-hybridized carbons (Fsp3) is 0.364. The number of allylic oxidation sites excluding steroid dienone is 1. The highest BCUT2D eigenvalue weighted by atomic mass is 19.2. The van der Waals surface area contributed by atoms with E-state index in [0.29, 0.717) is 24.3 Å². The number of benzene rings is 1. The molecule has 3 heterocycles. The quantitative estimate of drug-likeness (QED) is 0.465. The predicted molar refractivity (Wildman–Crippen MR) is 110 cm³/mol. The van der Waals surface area contributed by atoms with E-state index in [0.717, 1.165) is 17.7 Å². The fourth-order valence-electron chi connectivity index (χ4n) is 4.12. The zero-order chi connectivity index (χ0) is 23.2. The van der Waals surface area contributed by atoms with Crippen LogP contribution in [0.4, 0.5) is 13.6 Å². The molecule has 0 saturated carbocycles.